The number of hydrogen-bond donors (Lipinski definition) is 3. The van der Waals surface area contributed by atoms with E-state index in [1.165, 1.54) is 0 Å². The Morgan fingerprint density at radius 3 is 1.86 bits per heavy atom. The molecule has 0 fully saturated rings. The van der Waals surface area contributed by atoms with Crippen molar-refractivity contribution in [1.29, 1.82) is 0 Å². The van der Waals surface area contributed by atoms with Crippen LogP contribution in [0.4, 0.5) is 0 Å². The molecule has 0 saturated heterocycles. The van der Waals surface area contributed by atoms with Gasteiger partial charge in [0.15, 0.2) is 0 Å². The normalized spacial score (nSPS) is 6.14. The molecule has 0 aromatic heterocycles. The third-order valence-corrected chi connectivity index (χ3v) is 0.175. The van der Waals surface area contributed by atoms with E-state index in [-0.39, 0.29) is 6.54 Å². The van der Waals surface area contributed by atoms with E-state index in [4.69, 9.17) is 9.77 Å². The number of aliphatic carboxylic acids is 1. The summed E-state index contributed by atoms with van der Waals surface area (Å²) in [5.41, 5.74) is 4.57. The Morgan fingerprint density at radius 2 is 1.86 bits per heavy atom. The fourth-order valence-corrected chi connectivity index (χ4v) is 0. The summed E-state index contributed by atoms with van der Waals surface area (Å²) in [6.07, 6.45) is 0. The van der Waals surface area contributed by atoms with Crippen LogP contribution in [0, 0.1) is 0 Å². The van der Waals surface area contributed by atoms with Gasteiger partial charge < -0.3 is 10.8 Å². The van der Waals surface area contributed by atoms with Crippen LogP contribution in [0.5, 0.6) is 0 Å². The molecule has 0 aliphatic heterocycles. The number of hydrogen-bond acceptors (Lipinski definition) is 3. The summed E-state index contributed by atoms with van der Waals surface area (Å²) in [4.78, 5) is 9.24. The summed E-state index contributed by atoms with van der Waals surface area (Å²) in [6.45, 7) is -0.278. The van der Waals surface area contributed by atoms with Crippen molar-refractivity contribution in [2.75, 3.05) is 6.54 Å². The Balaban J connectivity index is 0. The van der Waals surface area contributed by atoms with Gasteiger partial charge >= 0.3 is 5.97 Å². The molecule has 7 heavy (non-hydrogen) atoms. The molecule has 0 radical (unpaired) electrons. The number of nitrogens with two attached hydrogens (primary N) is 1. The minimum absolute atomic E-state index is 0.278. The van der Waals surface area contributed by atoms with Gasteiger partial charge in [0.2, 0.25) is 0 Å². The van der Waals surface area contributed by atoms with Crippen molar-refractivity contribution in [2.45, 2.75) is 0 Å². The Morgan fingerprint density at radius 1 is 1.71 bits per heavy atom. The Bertz CT molecular complexity index is 48.2. The first kappa shape index (κ1) is 9.84. The maximum Gasteiger partial charge on any atom is 0.317 e. The monoisotopic (exact) mass is 127 g/mol. The van der Waals surface area contributed by atoms with E-state index < -0.39 is 5.97 Å². The molecule has 0 saturated carbocycles. The van der Waals surface area contributed by atoms with Gasteiger partial charge in [0, 0.05) is 0 Å². The van der Waals surface area contributed by atoms with Gasteiger partial charge in [-0.15, -0.1) is 0 Å². The minimum Gasteiger partial charge on any atom is -0.480 e. The zero-order chi connectivity index (χ0) is 6.28. The molecule has 0 amide bonds. The van der Waals surface area contributed by atoms with Crippen molar-refractivity contribution in [1.82, 2.24) is 0 Å². The minimum atomic E-state index is -0.968. The highest BCUT2D eigenvalue weighted by atomic mass is 35.5. The molecule has 4 N–H and O–H groups in total. The lowest BCUT2D eigenvalue weighted by Gasteiger charge is -1.73. The van der Waals surface area contributed by atoms with E-state index in [0.717, 1.165) is 0 Å². The second kappa shape index (κ2) is 9.19. The standard InChI is InChI=1S/C2H5NO2.ClHO/c3-1-2(4)5;1-2/h1,3H2,(H,4,5);2H. The molecular weight excluding hydrogens is 121 g/mol. The second-order valence-electron chi connectivity index (χ2n) is 0.598. The molecule has 0 aromatic rings. The van der Waals surface area contributed by atoms with Crippen molar-refractivity contribution >= 4 is 17.8 Å². The van der Waals surface area contributed by atoms with Gasteiger partial charge in [-0.1, -0.05) is 0 Å². The van der Waals surface area contributed by atoms with E-state index in [9.17, 15) is 4.79 Å². The van der Waals surface area contributed by atoms with Crippen LogP contribution in [0.25, 0.3) is 0 Å². The molecule has 0 spiro atoms. The zero-order valence-electron chi connectivity index (χ0n) is 3.47. The van der Waals surface area contributed by atoms with Gasteiger partial charge in [0.25, 0.3) is 0 Å². The fourth-order valence-electron chi connectivity index (χ4n) is 0. The highest BCUT2D eigenvalue weighted by Crippen LogP contribution is 1.43. The lowest BCUT2D eigenvalue weighted by atomic mass is 10.7. The largest absolute Gasteiger partial charge is 0.480 e. The summed E-state index contributed by atoms with van der Waals surface area (Å²) < 4.78 is 6.47. The molecule has 0 unspecified atom stereocenters. The quantitative estimate of drug-likeness (QED) is 0.429. The van der Waals surface area contributed by atoms with Crippen LogP contribution in [0.15, 0.2) is 0 Å². The first-order valence-electron chi connectivity index (χ1n) is 1.36. The zero-order valence-corrected chi connectivity index (χ0v) is 4.22. The molecule has 44 valence electrons. The molecule has 0 rings (SSSR count). The average molecular weight is 128 g/mol. The van der Waals surface area contributed by atoms with Crippen molar-refractivity contribution in [2.24, 2.45) is 5.73 Å². The highest BCUT2D eigenvalue weighted by molar-refractivity contribution is 6.04. The summed E-state index contributed by atoms with van der Waals surface area (Å²) in [5.74, 6) is -0.968. The lowest BCUT2D eigenvalue weighted by molar-refractivity contribution is -0.135. The van der Waals surface area contributed by atoms with Crippen LogP contribution >= 0.6 is 11.9 Å². The third-order valence-electron chi connectivity index (χ3n) is 0.175. The van der Waals surface area contributed by atoms with Crippen LogP contribution in [0.3, 0.4) is 0 Å². The average Bonchev–Trinajstić information content (AvgIpc) is 1.73. The molecule has 5 heteroatoms. The summed E-state index contributed by atoms with van der Waals surface area (Å²) in [7, 11) is 0. The van der Waals surface area contributed by atoms with E-state index in [2.05, 4.69) is 17.6 Å². The lowest BCUT2D eigenvalue weighted by Crippen LogP contribution is -2.10. The van der Waals surface area contributed by atoms with Gasteiger partial charge in [-0.05, 0) is 0 Å². The van der Waals surface area contributed by atoms with Crippen LogP contribution in [-0.4, -0.2) is 22.3 Å². The smallest absolute Gasteiger partial charge is 0.317 e. The molecule has 0 aliphatic carbocycles. The fraction of sp³-hybridized carbons (Fsp3) is 0.500. The van der Waals surface area contributed by atoms with Gasteiger partial charge in [-0.25, -0.2) is 0 Å². The number of halogens is 1. The Hall–Kier alpha value is -0.320. The maximum atomic E-state index is 9.24. The van der Waals surface area contributed by atoms with Gasteiger partial charge in [-0.2, -0.15) is 0 Å². The molecule has 0 aliphatic rings. The molecule has 4 nitrogen and oxygen atoms in total. The molecule has 0 heterocycles. The van der Waals surface area contributed by atoms with Crippen LogP contribution in [-0.2, 0) is 4.79 Å². The van der Waals surface area contributed by atoms with Gasteiger partial charge in [0.05, 0.1) is 18.4 Å². The first-order chi connectivity index (χ1) is 3.27. The van der Waals surface area contributed by atoms with E-state index in [1.54, 1.807) is 0 Å². The topological polar surface area (TPSA) is 83.6 Å². The predicted octanol–water partition coefficient (Wildman–Crippen LogP) is -0.838. The summed E-state index contributed by atoms with van der Waals surface area (Å²) in [5, 5.41) is 7.60. The van der Waals surface area contributed by atoms with E-state index in [0.29, 0.717) is 0 Å². The molecule has 0 aromatic carbocycles. The van der Waals surface area contributed by atoms with Crippen molar-refractivity contribution < 1.29 is 14.6 Å². The number of carbonyl (C=O) groups is 1. The maximum absolute atomic E-state index is 9.24. The third kappa shape index (κ3) is 27.3. The predicted molar refractivity (Wildman–Crippen MR) is 24.8 cm³/mol. The Labute approximate surface area is 45.7 Å². The second-order valence-corrected chi connectivity index (χ2v) is 0.598. The SMILES string of the molecule is NCC(=O)O.OCl. The number of carboxylic acids is 1. The van der Waals surface area contributed by atoms with Crippen LogP contribution in [0.2, 0.25) is 0 Å². The number of carboxylic acid groups (broad SMARTS) is 1. The van der Waals surface area contributed by atoms with Crippen molar-refractivity contribution in [3.8, 4) is 0 Å². The van der Waals surface area contributed by atoms with Crippen molar-refractivity contribution in [3.05, 3.63) is 0 Å². The number of rotatable bonds is 1. The molecular formula is C2H6ClNO3. The van der Waals surface area contributed by atoms with Gasteiger partial charge in [0.1, 0.15) is 0 Å². The summed E-state index contributed by atoms with van der Waals surface area (Å²) in [6, 6.07) is 0. The van der Waals surface area contributed by atoms with E-state index >= 15 is 0 Å². The van der Waals surface area contributed by atoms with Crippen molar-refractivity contribution in [3.63, 3.8) is 0 Å². The molecule has 0 atom stereocenters. The highest BCUT2D eigenvalue weighted by Gasteiger charge is 1.81. The van der Waals surface area contributed by atoms with Crippen LogP contribution in [0.1, 0.15) is 0 Å². The Kier molecular flexibility index (Phi) is 12.9. The molecule has 0 bridgehead atoms. The van der Waals surface area contributed by atoms with Gasteiger partial charge in [-0.3, -0.25) is 9.45 Å². The van der Waals surface area contributed by atoms with E-state index in [1.807, 2.05) is 0 Å². The first-order valence-corrected chi connectivity index (χ1v) is 1.70. The van der Waals surface area contributed by atoms with Crippen LogP contribution < -0.4 is 5.73 Å². The summed E-state index contributed by atoms with van der Waals surface area (Å²) >= 11 is 3.64.